The minimum absolute atomic E-state index is 0. The van der Waals surface area contributed by atoms with Crippen molar-refractivity contribution in [2.45, 2.75) is 6.68 Å². The summed E-state index contributed by atoms with van der Waals surface area (Å²) in [6, 6.07) is 0. The predicted octanol–water partition coefficient (Wildman–Crippen LogP) is 0.798. The zero-order valence-electron chi connectivity index (χ0n) is 2.16. The second-order valence-electron chi connectivity index (χ2n) is 0.247. The molecule has 0 bridgehead atoms. The quantitative estimate of drug-likeness (QED) is 0.575. The van der Waals surface area contributed by atoms with Gasteiger partial charge in [-0.15, -0.1) is 0 Å². The van der Waals surface area contributed by atoms with Crippen LogP contribution in [0.15, 0.2) is 0 Å². The Bertz CT molecular complexity index is 11.6. The van der Waals surface area contributed by atoms with Crippen LogP contribution in [0, 0.1) is 0 Å². The summed E-state index contributed by atoms with van der Waals surface area (Å²) in [6.45, 7) is -3.67. The minimum Gasteiger partial charge on any atom is -0.174 e. The zero-order chi connectivity index (χ0) is 3.58. The molecule has 0 spiro atoms. The monoisotopic (exact) mass is 279 g/mol. The smallest absolute Gasteiger partial charge is 0.174 e. The van der Waals surface area contributed by atoms with Gasteiger partial charge < -0.3 is 0 Å². The van der Waals surface area contributed by atoms with Crippen LogP contribution >= 0.6 is 0 Å². The average molecular weight is 279 g/mol. The maximum atomic E-state index is 9.67. The van der Waals surface area contributed by atoms with E-state index in [9.17, 15) is 13.2 Å². The SMILES string of the molecule is FC(F)F.[Bi+3]. The van der Waals surface area contributed by atoms with Crippen LogP contribution in [0.3, 0.4) is 0 Å². The van der Waals surface area contributed by atoms with E-state index in [2.05, 4.69) is 0 Å². The Labute approximate surface area is 46.5 Å². The second-order valence-corrected chi connectivity index (χ2v) is 0.247. The largest absolute Gasteiger partial charge is 3.00 e. The molecule has 0 saturated carbocycles. The molecule has 0 atom stereocenters. The first-order chi connectivity index (χ1) is 1.73. The van der Waals surface area contributed by atoms with Crippen molar-refractivity contribution in [3.05, 3.63) is 0 Å². The molecule has 0 fully saturated rings. The fourth-order valence-corrected chi connectivity index (χ4v) is 0. The van der Waals surface area contributed by atoms with E-state index < -0.39 is 6.68 Å². The van der Waals surface area contributed by atoms with Gasteiger partial charge in [0, 0.05) is 0 Å². The number of hydrogen-bond acceptors (Lipinski definition) is 0. The number of alkyl halides is 3. The van der Waals surface area contributed by atoms with Crippen LogP contribution in [0.25, 0.3) is 0 Å². The van der Waals surface area contributed by atoms with Gasteiger partial charge in [-0.3, -0.25) is 0 Å². The topological polar surface area (TPSA) is 0 Å². The molecule has 0 aliphatic rings. The van der Waals surface area contributed by atoms with Crippen LogP contribution in [-0.4, -0.2) is 32.9 Å². The van der Waals surface area contributed by atoms with Gasteiger partial charge in [-0.25, -0.2) is 0 Å². The summed E-state index contributed by atoms with van der Waals surface area (Å²) in [5, 5.41) is 0. The van der Waals surface area contributed by atoms with Crippen molar-refractivity contribution in [2.75, 3.05) is 0 Å². The van der Waals surface area contributed by atoms with Gasteiger partial charge in [0.2, 0.25) is 0 Å². The fourth-order valence-electron chi connectivity index (χ4n) is 0. The molecule has 0 unspecified atom stereocenters. The predicted molar refractivity (Wildman–Crippen MR) is 12.9 cm³/mol. The summed E-state index contributed by atoms with van der Waals surface area (Å²) < 4.78 is 29.0. The van der Waals surface area contributed by atoms with Crippen LogP contribution in [0.4, 0.5) is 13.2 Å². The normalized spacial score (nSPS) is 7.20. The summed E-state index contributed by atoms with van der Waals surface area (Å²) in [5.74, 6) is 0. The molecule has 0 aromatic carbocycles. The molecule has 0 N–H and O–H groups in total. The Morgan fingerprint density at radius 3 is 1.00 bits per heavy atom. The van der Waals surface area contributed by atoms with Crippen molar-refractivity contribution in [2.24, 2.45) is 0 Å². The Hall–Kier alpha value is 0.673. The summed E-state index contributed by atoms with van der Waals surface area (Å²) in [7, 11) is 0. The number of rotatable bonds is 0. The van der Waals surface area contributed by atoms with E-state index in [1.54, 1.807) is 0 Å². The molecule has 0 heterocycles. The van der Waals surface area contributed by atoms with Gasteiger partial charge in [0.25, 0.3) is 0 Å². The van der Waals surface area contributed by atoms with E-state index in [1.807, 2.05) is 0 Å². The Morgan fingerprint density at radius 2 is 1.00 bits per heavy atom. The van der Waals surface area contributed by atoms with Crippen LogP contribution in [0.5, 0.6) is 0 Å². The second kappa shape index (κ2) is 4.67. The van der Waals surface area contributed by atoms with Crippen LogP contribution < -0.4 is 0 Å². The van der Waals surface area contributed by atoms with Crippen LogP contribution in [0.1, 0.15) is 0 Å². The van der Waals surface area contributed by atoms with Crippen LogP contribution in [0.2, 0.25) is 0 Å². The average Bonchev–Trinajstić information content (AvgIpc) is 0.811. The molecule has 0 aromatic heterocycles. The van der Waals surface area contributed by atoms with Gasteiger partial charge in [0.05, 0.1) is 0 Å². The summed E-state index contributed by atoms with van der Waals surface area (Å²) in [4.78, 5) is 0. The molecular weight excluding hydrogens is 278 g/mol. The molecule has 0 saturated heterocycles. The first-order valence-electron chi connectivity index (χ1n) is 0.655. The van der Waals surface area contributed by atoms with Gasteiger partial charge in [0.15, 0.2) is 0 Å². The van der Waals surface area contributed by atoms with Crippen molar-refractivity contribution < 1.29 is 13.2 Å². The molecule has 2 radical (unpaired) electrons. The molecule has 0 aromatic rings. The van der Waals surface area contributed by atoms with Crippen LogP contribution in [-0.2, 0) is 0 Å². The standard InChI is InChI=1S/CHF3.Bi/c2-1(3)4;/h1H;/q;+3. The van der Waals surface area contributed by atoms with Crippen molar-refractivity contribution in [3.8, 4) is 0 Å². The third-order valence-electron chi connectivity index (χ3n) is 0. The Morgan fingerprint density at radius 1 is 1.00 bits per heavy atom. The molecule has 4 heteroatoms. The molecule has 0 rings (SSSR count). The van der Waals surface area contributed by atoms with Crippen molar-refractivity contribution >= 4 is 26.2 Å². The Balaban J connectivity index is 0. The van der Waals surface area contributed by atoms with E-state index >= 15 is 0 Å². The van der Waals surface area contributed by atoms with E-state index in [0.29, 0.717) is 0 Å². The van der Waals surface area contributed by atoms with Gasteiger partial charge >= 0.3 is 32.9 Å². The van der Waals surface area contributed by atoms with Crippen molar-refractivity contribution in [1.29, 1.82) is 0 Å². The number of halogens is 3. The van der Waals surface area contributed by atoms with Gasteiger partial charge in [-0.05, 0) is 0 Å². The van der Waals surface area contributed by atoms with Crippen molar-refractivity contribution in [3.63, 3.8) is 0 Å². The number of hydrogen-bond donors (Lipinski definition) is 0. The molecule has 0 aliphatic carbocycles. The van der Waals surface area contributed by atoms with E-state index in [0.717, 1.165) is 0 Å². The summed E-state index contributed by atoms with van der Waals surface area (Å²) in [5.41, 5.74) is 0. The molecule has 28 valence electrons. The summed E-state index contributed by atoms with van der Waals surface area (Å²) >= 11 is 0. The van der Waals surface area contributed by atoms with E-state index in [4.69, 9.17) is 0 Å². The van der Waals surface area contributed by atoms with Gasteiger partial charge in [0.1, 0.15) is 0 Å². The third kappa shape index (κ3) is 73.7. The zero-order valence-corrected chi connectivity index (χ0v) is 5.64. The molecule has 0 nitrogen and oxygen atoms in total. The van der Waals surface area contributed by atoms with Gasteiger partial charge in [-0.2, -0.15) is 13.2 Å². The minimum atomic E-state index is -3.67. The maximum Gasteiger partial charge on any atom is 3.00 e. The molecule has 0 amide bonds. The molecule has 0 aliphatic heterocycles. The van der Waals surface area contributed by atoms with E-state index in [-0.39, 0.29) is 26.2 Å². The first kappa shape index (κ1) is 9.18. The van der Waals surface area contributed by atoms with Gasteiger partial charge in [-0.1, -0.05) is 0 Å². The Kier molecular flexibility index (Phi) is 8.58. The fraction of sp³-hybridized carbons (Fsp3) is 1.00. The van der Waals surface area contributed by atoms with Crippen molar-refractivity contribution in [1.82, 2.24) is 0 Å². The first-order valence-corrected chi connectivity index (χ1v) is 0.655. The maximum absolute atomic E-state index is 9.67. The third-order valence-corrected chi connectivity index (χ3v) is 0. The molecule has 5 heavy (non-hydrogen) atoms. The summed E-state index contributed by atoms with van der Waals surface area (Å²) in [6.07, 6.45) is 0. The van der Waals surface area contributed by atoms with E-state index in [1.165, 1.54) is 0 Å². The molecular formula is CHBiF3+3.